The molecule has 2 nitrogen and oxygen atoms in total. The van der Waals surface area contributed by atoms with Gasteiger partial charge in [0.1, 0.15) is 11.6 Å². The average molecular weight is 320 g/mol. The van der Waals surface area contributed by atoms with Gasteiger partial charge in [-0.25, -0.2) is 0 Å². The van der Waals surface area contributed by atoms with Crippen LogP contribution in [0.2, 0.25) is 0 Å². The lowest BCUT2D eigenvalue weighted by molar-refractivity contribution is -0.155. The molecule has 0 heterocycles. The van der Waals surface area contributed by atoms with Crippen molar-refractivity contribution < 1.29 is 9.59 Å². The van der Waals surface area contributed by atoms with E-state index in [9.17, 15) is 9.59 Å². The Morgan fingerprint density at radius 2 is 1.82 bits per heavy atom. The molecule has 7 atom stereocenters. The van der Waals surface area contributed by atoms with Crippen LogP contribution in [0.4, 0.5) is 0 Å². The third-order valence-corrected chi connectivity index (χ3v) is 8.61. The SMILES string of the molecule is C[C@]12CCC(S)CC1C(=O)C[C@@H]1[C@@H]2CC[C@]2(C)C(=O)CC[C@@H]12. The molecule has 122 valence electrons. The summed E-state index contributed by atoms with van der Waals surface area (Å²) in [6.45, 7) is 4.57. The summed E-state index contributed by atoms with van der Waals surface area (Å²) in [5.41, 5.74) is 0.0532. The molecular formula is C19H28O2S. The van der Waals surface area contributed by atoms with E-state index in [1.54, 1.807) is 0 Å². The zero-order chi connectivity index (χ0) is 15.7. The van der Waals surface area contributed by atoms with Gasteiger partial charge in [-0.15, -0.1) is 0 Å². The van der Waals surface area contributed by atoms with Crippen molar-refractivity contribution in [3.8, 4) is 0 Å². The highest BCUT2D eigenvalue weighted by Gasteiger charge is 2.61. The van der Waals surface area contributed by atoms with Crippen LogP contribution in [0, 0.1) is 34.5 Å². The molecule has 2 unspecified atom stereocenters. The molecule has 4 aliphatic rings. The summed E-state index contributed by atoms with van der Waals surface area (Å²) < 4.78 is 0. The van der Waals surface area contributed by atoms with Gasteiger partial charge >= 0.3 is 0 Å². The van der Waals surface area contributed by atoms with Gasteiger partial charge in [-0.05, 0) is 61.7 Å². The quantitative estimate of drug-likeness (QED) is 0.683. The maximum Gasteiger partial charge on any atom is 0.139 e. The maximum absolute atomic E-state index is 12.9. The van der Waals surface area contributed by atoms with Crippen molar-refractivity contribution in [1.82, 2.24) is 0 Å². The van der Waals surface area contributed by atoms with Gasteiger partial charge in [0.15, 0.2) is 0 Å². The second-order valence-corrected chi connectivity index (χ2v) is 9.68. The van der Waals surface area contributed by atoms with E-state index in [1.165, 1.54) is 0 Å². The van der Waals surface area contributed by atoms with Crippen molar-refractivity contribution in [2.75, 3.05) is 0 Å². The third kappa shape index (κ3) is 1.87. The molecule has 0 aromatic heterocycles. The predicted octanol–water partition coefficient (Wildman–Crippen LogP) is 4.08. The molecule has 4 rings (SSSR count). The Balaban J connectivity index is 1.69. The number of rotatable bonds is 0. The Morgan fingerprint density at radius 1 is 1.05 bits per heavy atom. The summed E-state index contributed by atoms with van der Waals surface area (Å²) in [6.07, 6.45) is 7.99. The first kappa shape index (κ1) is 15.2. The first-order valence-electron chi connectivity index (χ1n) is 9.10. The molecule has 0 N–H and O–H groups in total. The molecule has 4 fully saturated rings. The van der Waals surface area contributed by atoms with Gasteiger partial charge in [0.05, 0.1) is 0 Å². The number of fused-ring (bicyclic) bond motifs is 5. The van der Waals surface area contributed by atoms with Crippen LogP contribution in [-0.2, 0) is 9.59 Å². The lowest BCUT2D eigenvalue weighted by atomic mass is 9.45. The Bertz CT molecular complexity index is 530. The third-order valence-electron chi connectivity index (χ3n) is 8.14. The number of hydrogen-bond donors (Lipinski definition) is 1. The summed E-state index contributed by atoms with van der Waals surface area (Å²) in [7, 11) is 0. The summed E-state index contributed by atoms with van der Waals surface area (Å²) >= 11 is 4.66. The van der Waals surface area contributed by atoms with Crippen molar-refractivity contribution in [3.05, 3.63) is 0 Å². The second-order valence-electron chi connectivity index (χ2n) is 8.95. The molecule has 0 radical (unpaired) electrons. The van der Waals surface area contributed by atoms with Crippen LogP contribution < -0.4 is 0 Å². The zero-order valence-electron chi connectivity index (χ0n) is 13.8. The smallest absolute Gasteiger partial charge is 0.139 e. The van der Waals surface area contributed by atoms with E-state index in [2.05, 4.69) is 26.5 Å². The average Bonchev–Trinajstić information content (AvgIpc) is 2.77. The van der Waals surface area contributed by atoms with Crippen molar-refractivity contribution in [2.24, 2.45) is 34.5 Å². The molecule has 0 bridgehead atoms. The van der Waals surface area contributed by atoms with Gasteiger partial charge in [-0.1, -0.05) is 13.8 Å². The Hall–Kier alpha value is -0.310. The number of ketones is 2. The molecular weight excluding hydrogens is 292 g/mol. The minimum Gasteiger partial charge on any atom is -0.299 e. The van der Waals surface area contributed by atoms with Crippen LogP contribution >= 0.6 is 12.6 Å². The number of thiol groups is 1. The van der Waals surface area contributed by atoms with Gasteiger partial charge in [-0.3, -0.25) is 9.59 Å². The van der Waals surface area contributed by atoms with Crippen molar-refractivity contribution in [1.29, 1.82) is 0 Å². The van der Waals surface area contributed by atoms with E-state index in [0.29, 0.717) is 34.6 Å². The summed E-state index contributed by atoms with van der Waals surface area (Å²) in [6, 6.07) is 0. The van der Waals surface area contributed by atoms with Crippen LogP contribution in [0.25, 0.3) is 0 Å². The first-order chi connectivity index (χ1) is 10.4. The molecule has 4 aliphatic carbocycles. The largest absolute Gasteiger partial charge is 0.299 e. The molecule has 22 heavy (non-hydrogen) atoms. The lowest BCUT2D eigenvalue weighted by Crippen LogP contribution is -2.56. The fourth-order valence-corrected chi connectivity index (χ4v) is 7.13. The molecule has 0 aromatic rings. The highest BCUT2D eigenvalue weighted by molar-refractivity contribution is 7.80. The predicted molar refractivity (Wildman–Crippen MR) is 89.9 cm³/mol. The molecule has 0 amide bonds. The monoisotopic (exact) mass is 320 g/mol. The van der Waals surface area contributed by atoms with E-state index in [0.717, 1.165) is 51.4 Å². The van der Waals surface area contributed by atoms with Crippen LogP contribution in [0.15, 0.2) is 0 Å². The molecule has 0 spiro atoms. The van der Waals surface area contributed by atoms with Crippen LogP contribution in [0.1, 0.15) is 65.2 Å². The van der Waals surface area contributed by atoms with E-state index < -0.39 is 0 Å². The summed E-state index contributed by atoms with van der Waals surface area (Å²) in [4.78, 5) is 25.3. The normalized spacial score (nSPS) is 54.6. The highest BCUT2D eigenvalue weighted by atomic mass is 32.1. The number of carbonyl (C=O) groups is 2. The standard InChI is InChI=1S/C19H28O2S/c1-18-7-5-11(22)9-15(18)16(20)10-12-13-3-4-17(21)19(13,2)8-6-14(12)18/h11-15,22H,3-10H2,1-2H3/t11?,12-,13-,14-,15?,18+,19-/m0/s1. The minimum atomic E-state index is -0.120. The van der Waals surface area contributed by atoms with Crippen molar-refractivity contribution in [3.63, 3.8) is 0 Å². The van der Waals surface area contributed by atoms with Crippen molar-refractivity contribution >= 4 is 24.2 Å². The number of carbonyl (C=O) groups excluding carboxylic acids is 2. The highest BCUT2D eigenvalue weighted by Crippen LogP contribution is 2.64. The fraction of sp³-hybridized carbons (Fsp3) is 0.895. The number of Topliss-reactive ketones (excluding diaryl/α,β-unsaturated/α-hetero) is 2. The Labute approximate surface area is 139 Å². The van der Waals surface area contributed by atoms with Crippen LogP contribution in [-0.4, -0.2) is 16.8 Å². The van der Waals surface area contributed by atoms with Crippen molar-refractivity contribution in [2.45, 2.75) is 70.5 Å². The van der Waals surface area contributed by atoms with E-state index in [1.807, 2.05) is 0 Å². The first-order valence-corrected chi connectivity index (χ1v) is 9.62. The second kappa shape index (κ2) is 4.84. The lowest BCUT2D eigenvalue weighted by Gasteiger charge is -2.59. The zero-order valence-corrected chi connectivity index (χ0v) is 14.7. The molecule has 0 aromatic carbocycles. The van der Waals surface area contributed by atoms with E-state index >= 15 is 0 Å². The van der Waals surface area contributed by atoms with Gasteiger partial charge in [0.2, 0.25) is 0 Å². The molecule has 3 heteroatoms. The maximum atomic E-state index is 12.9. The number of hydrogen-bond acceptors (Lipinski definition) is 3. The molecule has 0 saturated heterocycles. The van der Waals surface area contributed by atoms with E-state index in [-0.39, 0.29) is 16.7 Å². The van der Waals surface area contributed by atoms with Gasteiger partial charge in [0, 0.05) is 29.4 Å². The van der Waals surface area contributed by atoms with Crippen LogP contribution in [0.5, 0.6) is 0 Å². The Kier molecular flexibility index (Phi) is 3.35. The van der Waals surface area contributed by atoms with Crippen LogP contribution in [0.3, 0.4) is 0 Å². The fourth-order valence-electron chi connectivity index (χ4n) is 6.79. The summed E-state index contributed by atoms with van der Waals surface area (Å²) in [5.74, 6) is 2.76. The molecule has 4 saturated carbocycles. The van der Waals surface area contributed by atoms with Gasteiger partial charge < -0.3 is 0 Å². The van der Waals surface area contributed by atoms with Gasteiger partial charge in [-0.2, -0.15) is 12.6 Å². The minimum absolute atomic E-state index is 0.120. The molecule has 0 aliphatic heterocycles. The van der Waals surface area contributed by atoms with Gasteiger partial charge in [0.25, 0.3) is 0 Å². The van der Waals surface area contributed by atoms with E-state index in [4.69, 9.17) is 0 Å². The topological polar surface area (TPSA) is 34.1 Å². The Morgan fingerprint density at radius 3 is 2.59 bits per heavy atom. The summed E-state index contributed by atoms with van der Waals surface area (Å²) in [5, 5.41) is 0.403.